The Morgan fingerprint density at radius 3 is 2.57 bits per heavy atom. The van der Waals surface area contributed by atoms with Crippen molar-refractivity contribution in [1.29, 1.82) is 0 Å². The fraction of sp³-hybridized carbons (Fsp3) is 1.00. The third-order valence-electron chi connectivity index (χ3n) is 4.42. The third-order valence-corrected chi connectivity index (χ3v) is 4.42. The van der Waals surface area contributed by atoms with E-state index in [0.717, 1.165) is 32.8 Å². The van der Waals surface area contributed by atoms with Crippen molar-refractivity contribution in [3.63, 3.8) is 0 Å². The van der Waals surface area contributed by atoms with Gasteiger partial charge in [-0.05, 0) is 66.0 Å². The quantitative estimate of drug-likeness (QED) is 0.591. The Labute approximate surface area is 132 Å². The number of nitrogens with zero attached hydrogens (tertiary/aromatic N) is 2. The highest BCUT2D eigenvalue weighted by atomic mass is 16.5. The van der Waals surface area contributed by atoms with E-state index < -0.39 is 0 Å². The van der Waals surface area contributed by atoms with E-state index in [-0.39, 0.29) is 0 Å². The second kappa shape index (κ2) is 10.5. The Morgan fingerprint density at radius 1 is 1.19 bits per heavy atom. The molecule has 0 spiro atoms. The van der Waals surface area contributed by atoms with Crippen LogP contribution in [0.3, 0.4) is 0 Å². The van der Waals surface area contributed by atoms with Crippen LogP contribution in [0, 0.1) is 5.41 Å². The van der Waals surface area contributed by atoms with E-state index >= 15 is 0 Å². The molecular weight excluding hydrogens is 262 g/mol. The van der Waals surface area contributed by atoms with Gasteiger partial charge in [0.05, 0.1) is 6.61 Å². The summed E-state index contributed by atoms with van der Waals surface area (Å²) in [7, 11) is 4.31. The van der Waals surface area contributed by atoms with Crippen LogP contribution in [0.15, 0.2) is 0 Å². The largest absolute Gasteiger partial charge is 0.381 e. The van der Waals surface area contributed by atoms with Crippen molar-refractivity contribution in [2.75, 3.05) is 66.6 Å². The van der Waals surface area contributed by atoms with Gasteiger partial charge in [0.2, 0.25) is 0 Å². The van der Waals surface area contributed by atoms with E-state index in [1.54, 1.807) is 0 Å². The van der Waals surface area contributed by atoms with Crippen molar-refractivity contribution in [1.82, 2.24) is 15.1 Å². The molecule has 0 aliphatic carbocycles. The summed E-state index contributed by atoms with van der Waals surface area (Å²) in [6.45, 7) is 13.3. The SMILES string of the molecule is CCCNCC1(CN(CC)CCCN(C)C)CCCOC1. The molecule has 4 heteroatoms. The number of hydrogen-bond acceptors (Lipinski definition) is 4. The van der Waals surface area contributed by atoms with Crippen LogP contribution in [0.5, 0.6) is 0 Å². The number of hydrogen-bond donors (Lipinski definition) is 1. The minimum Gasteiger partial charge on any atom is -0.381 e. The van der Waals surface area contributed by atoms with Gasteiger partial charge in [-0.25, -0.2) is 0 Å². The summed E-state index contributed by atoms with van der Waals surface area (Å²) in [6, 6.07) is 0. The molecule has 1 atom stereocenters. The van der Waals surface area contributed by atoms with Gasteiger partial charge in [-0.2, -0.15) is 0 Å². The summed E-state index contributed by atoms with van der Waals surface area (Å²) in [4.78, 5) is 4.89. The van der Waals surface area contributed by atoms with Crippen LogP contribution < -0.4 is 5.32 Å². The standard InChI is InChI=1S/C17H37N3O/c1-5-10-18-14-17(9-7-13-21-16-17)15-20(6-2)12-8-11-19(3)4/h18H,5-16H2,1-4H3. The molecule has 0 aromatic carbocycles. The number of nitrogens with one attached hydrogen (secondary N) is 1. The fourth-order valence-electron chi connectivity index (χ4n) is 3.19. The summed E-state index contributed by atoms with van der Waals surface area (Å²) in [5.74, 6) is 0. The molecule has 0 aromatic heterocycles. The highest BCUT2D eigenvalue weighted by Crippen LogP contribution is 2.29. The number of ether oxygens (including phenoxy) is 1. The maximum Gasteiger partial charge on any atom is 0.0546 e. The Morgan fingerprint density at radius 2 is 2.00 bits per heavy atom. The average Bonchev–Trinajstić information content (AvgIpc) is 2.47. The molecule has 4 nitrogen and oxygen atoms in total. The van der Waals surface area contributed by atoms with E-state index in [1.165, 1.54) is 45.3 Å². The monoisotopic (exact) mass is 299 g/mol. The highest BCUT2D eigenvalue weighted by molar-refractivity contribution is 4.87. The van der Waals surface area contributed by atoms with Crippen LogP contribution in [0.4, 0.5) is 0 Å². The molecule has 1 rings (SSSR count). The molecule has 1 heterocycles. The highest BCUT2D eigenvalue weighted by Gasteiger charge is 2.34. The van der Waals surface area contributed by atoms with Crippen molar-refractivity contribution < 1.29 is 4.74 Å². The van der Waals surface area contributed by atoms with Gasteiger partial charge in [-0.3, -0.25) is 0 Å². The molecular formula is C17H37N3O. The predicted molar refractivity (Wildman–Crippen MR) is 90.9 cm³/mol. The lowest BCUT2D eigenvalue weighted by molar-refractivity contribution is -0.0257. The minimum atomic E-state index is 0.321. The zero-order valence-electron chi connectivity index (χ0n) is 14.8. The zero-order chi connectivity index (χ0) is 15.6. The molecule has 1 saturated heterocycles. The number of rotatable bonds is 11. The van der Waals surface area contributed by atoms with Gasteiger partial charge in [0.15, 0.2) is 0 Å². The molecule has 0 radical (unpaired) electrons. The van der Waals surface area contributed by atoms with Gasteiger partial charge in [-0.1, -0.05) is 13.8 Å². The van der Waals surface area contributed by atoms with Crippen molar-refractivity contribution in [2.45, 2.75) is 39.5 Å². The summed E-state index contributed by atoms with van der Waals surface area (Å²) in [5.41, 5.74) is 0.321. The van der Waals surface area contributed by atoms with E-state index in [9.17, 15) is 0 Å². The van der Waals surface area contributed by atoms with Crippen LogP contribution in [-0.4, -0.2) is 76.4 Å². The summed E-state index contributed by atoms with van der Waals surface area (Å²) >= 11 is 0. The van der Waals surface area contributed by atoms with Crippen molar-refractivity contribution in [3.05, 3.63) is 0 Å². The Hall–Kier alpha value is -0.160. The molecule has 0 aromatic rings. The van der Waals surface area contributed by atoms with E-state index in [4.69, 9.17) is 4.74 Å². The Balaban J connectivity index is 2.47. The van der Waals surface area contributed by atoms with Crippen LogP contribution in [0.25, 0.3) is 0 Å². The van der Waals surface area contributed by atoms with Gasteiger partial charge in [0, 0.05) is 25.1 Å². The first-order valence-corrected chi connectivity index (χ1v) is 8.77. The molecule has 0 amide bonds. The Kier molecular flexibility index (Phi) is 9.49. The van der Waals surface area contributed by atoms with E-state index in [0.29, 0.717) is 5.41 Å². The Bertz CT molecular complexity index is 252. The molecule has 1 aliphatic heterocycles. The first-order valence-electron chi connectivity index (χ1n) is 8.77. The molecule has 0 saturated carbocycles. The van der Waals surface area contributed by atoms with Gasteiger partial charge in [0.1, 0.15) is 0 Å². The molecule has 1 N–H and O–H groups in total. The predicted octanol–water partition coefficient (Wildman–Crippen LogP) is 2.06. The lowest BCUT2D eigenvalue weighted by Gasteiger charge is -2.41. The normalized spacial score (nSPS) is 23.1. The lowest BCUT2D eigenvalue weighted by Crippen LogP contribution is -2.49. The van der Waals surface area contributed by atoms with Crippen LogP contribution in [-0.2, 0) is 4.74 Å². The molecule has 21 heavy (non-hydrogen) atoms. The van der Waals surface area contributed by atoms with E-state index in [2.05, 4.69) is 43.1 Å². The van der Waals surface area contributed by atoms with Crippen LogP contribution in [0.2, 0.25) is 0 Å². The smallest absolute Gasteiger partial charge is 0.0546 e. The zero-order valence-corrected chi connectivity index (χ0v) is 14.8. The van der Waals surface area contributed by atoms with E-state index in [1.807, 2.05) is 0 Å². The summed E-state index contributed by atoms with van der Waals surface area (Å²) in [5, 5.41) is 3.63. The van der Waals surface area contributed by atoms with Gasteiger partial charge < -0.3 is 19.9 Å². The molecule has 1 aliphatic rings. The van der Waals surface area contributed by atoms with Crippen molar-refractivity contribution >= 4 is 0 Å². The maximum absolute atomic E-state index is 5.83. The van der Waals surface area contributed by atoms with Gasteiger partial charge in [-0.15, -0.1) is 0 Å². The first-order chi connectivity index (χ1) is 10.1. The average molecular weight is 300 g/mol. The molecule has 126 valence electrons. The topological polar surface area (TPSA) is 27.7 Å². The second-order valence-corrected chi connectivity index (χ2v) is 6.86. The molecule has 1 fully saturated rings. The maximum atomic E-state index is 5.83. The third kappa shape index (κ3) is 7.59. The van der Waals surface area contributed by atoms with Crippen molar-refractivity contribution in [3.8, 4) is 0 Å². The van der Waals surface area contributed by atoms with Crippen LogP contribution >= 0.6 is 0 Å². The lowest BCUT2D eigenvalue weighted by atomic mass is 9.81. The summed E-state index contributed by atoms with van der Waals surface area (Å²) < 4.78 is 5.83. The first kappa shape index (κ1) is 18.9. The minimum absolute atomic E-state index is 0.321. The van der Waals surface area contributed by atoms with Gasteiger partial charge >= 0.3 is 0 Å². The van der Waals surface area contributed by atoms with Crippen molar-refractivity contribution in [2.24, 2.45) is 5.41 Å². The fourth-order valence-corrected chi connectivity index (χ4v) is 3.19. The van der Waals surface area contributed by atoms with Crippen LogP contribution in [0.1, 0.15) is 39.5 Å². The summed E-state index contributed by atoms with van der Waals surface area (Å²) in [6.07, 6.45) is 4.97. The molecule has 0 bridgehead atoms. The molecule has 1 unspecified atom stereocenters. The van der Waals surface area contributed by atoms with Gasteiger partial charge in [0.25, 0.3) is 0 Å². The second-order valence-electron chi connectivity index (χ2n) is 6.86.